The van der Waals surface area contributed by atoms with Crippen LogP contribution in [0.15, 0.2) is 23.2 Å². The third kappa shape index (κ3) is 4.25. The lowest BCUT2D eigenvalue weighted by atomic mass is 10.0. The summed E-state index contributed by atoms with van der Waals surface area (Å²) in [5.74, 6) is 1.75. The van der Waals surface area contributed by atoms with Gasteiger partial charge in [0, 0.05) is 57.9 Å². The Labute approximate surface area is 151 Å². The molecular weight excluding hydrogens is 314 g/mol. The molecule has 138 valence electrons. The number of piperazine rings is 3. The van der Waals surface area contributed by atoms with Gasteiger partial charge in [-0.15, -0.1) is 0 Å². The molecule has 25 heavy (non-hydrogen) atoms. The Bertz CT molecular complexity index is 610. The van der Waals surface area contributed by atoms with Gasteiger partial charge in [-0.25, -0.2) is 0 Å². The summed E-state index contributed by atoms with van der Waals surface area (Å²) in [6.45, 7) is 11.1. The molecule has 3 fully saturated rings. The molecule has 2 bridgehead atoms. The molecule has 1 aromatic rings. The molecule has 3 aliphatic rings. The summed E-state index contributed by atoms with van der Waals surface area (Å²) in [7, 11) is 3.54. The first-order valence-corrected chi connectivity index (χ1v) is 9.19. The van der Waals surface area contributed by atoms with Crippen LogP contribution in [0.2, 0.25) is 0 Å². The van der Waals surface area contributed by atoms with Crippen molar-refractivity contribution in [3.63, 3.8) is 0 Å². The fourth-order valence-corrected chi connectivity index (χ4v) is 3.80. The van der Waals surface area contributed by atoms with E-state index in [0.717, 1.165) is 30.4 Å². The van der Waals surface area contributed by atoms with Crippen molar-refractivity contribution in [2.75, 3.05) is 53.4 Å². The number of ether oxygens (including phenoxy) is 1. The van der Waals surface area contributed by atoms with Crippen LogP contribution >= 0.6 is 0 Å². The Morgan fingerprint density at radius 3 is 2.68 bits per heavy atom. The zero-order chi connectivity index (χ0) is 17.8. The van der Waals surface area contributed by atoms with Crippen LogP contribution in [0, 0.1) is 6.92 Å². The second-order valence-corrected chi connectivity index (χ2v) is 7.05. The molecule has 6 nitrogen and oxygen atoms in total. The average molecular weight is 345 g/mol. The van der Waals surface area contributed by atoms with Crippen LogP contribution in [0.5, 0.6) is 5.75 Å². The van der Waals surface area contributed by atoms with Crippen LogP contribution in [0.1, 0.15) is 24.1 Å². The molecule has 2 atom stereocenters. The smallest absolute Gasteiger partial charge is 0.191 e. The predicted octanol–water partition coefficient (Wildman–Crippen LogP) is 1.23. The number of hydrogen-bond acceptors (Lipinski definition) is 4. The number of benzene rings is 1. The van der Waals surface area contributed by atoms with Gasteiger partial charge in [0.2, 0.25) is 0 Å². The molecule has 0 saturated carbocycles. The van der Waals surface area contributed by atoms with Gasteiger partial charge >= 0.3 is 0 Å². The van der Waals surface area contributed by atoms with Crippen LogP contribution < -0.4 is 15.4 Å². The molecule has 3 saturated heterocycles. The molecule has 3 aliphatic heterocycles. The summed E-state index contributed by atoms with van der Waals surface area (Å²) in [4.78, 5) is 9.55. The van der Waals surface area contributed by atoms with Gasteiger partial charge < -0.3 is 15.4 Å². The van der Waals surface area contributed by atoms with Crippen molar-refractivity contribution < 1.29 is 4.74 Å². The third-order valence-electron chi connectivity index (χ3n) is 5.33. The Morgan fingerprint density at radius 2 is 2.08 bits per heavy atom. The molecular formula is C19H31N5O. The Kier molecular flexibility index (Phi) is 5.81. The summed E-state index contributed by atoms with van der Waals surface area (Å²) in [5, 5.41) is 7.00. The van der Waals surface area contributed by atoms with Gasteiger partial charge in [-0.3, -0.25) is 14.8 Å². The highest BCUT2D eigenvalue weighted by Crippen LogP contribution is 2.26. The SMILES string of the molecule is CN=C(NCC1CN2CCN1CC2)NC(C)c1cc(C)ccc1OC. The zero-order valence-electron chi connectivity index (χ0n) is 15.9. The first kappa shape index (κ1) is 18.0. The minimum absolute atomic E-state index is 0.118. The second-order valence-electron chi connectivity index (χ2n) is 7.05. The standard InChI is InChI=1S/C19H31N5O/c1-14-5-6-18(25-4)17(11-14)15(2)22-19(20-3)21-12-16-13-23-7-9-24(16)10-8-23/h5-6,11,15-16H,7-10,12-13H2,1-4H3,(H2,20,21,22). The maximum atomic E-state index is 5.51. The molecule has 0 radical (unpaired) electrons. The first-order chi connectivity index (χ1) is 12.1. The van der Waals surface area contributed by atoms with E-state index in [-0.39, 0.29) is 6.04 Å². The molecule has 2 unspecified atom stereocenters. The molecule has 0 amide bonds. The van der Waals surface area contributed by atoms with Gasteiger partial charge in [-0.05, 0) is 19.9 Å². The number of guanidine groups is 1. The maximum Gasteiger partial charge on any atom is 0.191 e. The fourth-order valence-electron chi connectivity index (χ4n) is 3.80. The van der Waals surface area contributed by atoms with Crippen LogP contribution in [0.25, 0.3) is 0 Å². The van der Waals surface area contributed by atoms with E-state index in [1.54, 1.807) is 7.11 Å². The summed E-state index contributed by atoms with van der Waals surface area (Å²) >= 11 is 0. The van der Waals surface area contributed by atoms with Crippen LogP contribution in [-0.4, -0.2) is 75.2 Å². The third-order valence-corrected chi connectivity index (χ3v) is 5.33. The van der Waals surface area contributed by atoms with Gasteiger partial charge in [0.1, 0.15) is 5.75 Å². The highest BCUT2D eigenvalue weighted by Gasteiger charge is 2.31. The van der Waals surface area contributed by atoms with E-state index in [1.807, 2.05) is 13.1 Å². The molecule has 2 N–H and O–H groups in total. The topological polar surface area (TPSA) is 52.1 Å². The monoisotopic (exact) mass is 345 g/mol. The molecule has 0 spiro atoms. The Morgan fingerprint density at radius 1 is 1.32 bits per heavy atom. The zero-order valence-corrected chi connectivity index (χ0v) is 15.9. The largest absolute Gasteiger partial charge is 0.496 e. The van der Waals surface area contributed by atoms with E-state index >= 15 is 0 Å². The Balaban J connectivity index is 1.58. The number of methoxy groups -OCH3 is 1. The van der Waals surface area contributed by atoms with E-state index in [4.69, 9.17) is 4.74 Å². The average Bonchev–Trinajstić information content (AvgIpc) is 2.65. The van der Waals surface area contributed by atoms with Crippen molar-refractivity contribution >= 4 is 5.96 Å². The highest BCUT2D eigenvalue weighted by atomic mass is 16.5. The molecule has 3 heterocycles. The van der Waals surface area contributed by atoms with Crippen molar-refractivity contribution in [2.45, 2.75) is 25.9 Å². The molecule has 1 aromatic carbocycles. The molecule has 0 aromatic heterocycles. The van der Waals surface area contributed by atoms with Crippen LogP contribution in [0.3, 0.4) is 0 Å². The number of hydrogen-bond donors (Lipinski definition) is 2. The lowest BCUT2D eigenvalue weighted by Crippen LogP contribution is -2.63. The normalized spacial score (nSPS) is 27.0. The Hall–Kier alpha value is -1.79. The number of rotatable bonds is 5. The molecule has 0 aliphatic carbocycles. The quantitative estimate of drug-likeness (QED) is 0.621. The van der Waals surface area contributed by atoms with Crippen LogP contribution in [-0.2, 0) is 0 Å². The second kappa shape index (κ2) is 8.06. The number of aliphatic imine (C=N–C) groups is 1. The van der Waals surface area contributed by atoms with E-state index in [9.17, 15) is 0 Å². The molecule has 4 rings (SSSR count). The summed E-state index contributed by atoms with van der Waals surface area (Å²) in [6.07, 6.45) is 0. The fraction of sp³-hybridized carbons (Fsp3) is 0.632. The van der Waals surface area contributed by atoms with Gasteiger partial charge in [0.25, 0.3) is 0 Å². The number of nitrogens with zero attached hydrogens (tertiary/aromatic N) is 3. The minimum Gasteiger partial charge on any atom is -0.496 e. The van der Waals surface area contributed by atoms with Gasteiger partial charge in [0.15, 0.2) is 5.96 Å². The van der Waals surface area contributed by atoms with E-state index in [1.165, 1.54) is 31.7 Å². The van der Waals surface area contributed by atoms with Gasteiger partial charge in [-0.2, -0.15) is 0 Å². The summed E-state index contributed by atoms with van der Waals surface area (Å²) in [5.41, 5.74) is 2.38. The summed E-state index contributed by atoms with van der Waals surface area (Å²) < 4.78 is 5.51. The number of aryl methyl sites for hydroxylation is 1. The first-order valence-electron chi connectivity index (χ1n) is 9.19. The maximum absolute atomic E-state index is 5.51. The highest BCUT2D eigenvalue weighted by molar-refractivity contribution is 5.80. The van der Waals surface area contributed by atoms with Gasteiger partial charge in [-0.1, -0.05) is 17.7 Å². The van der Waals surface area contributed by atoms with Crippen LogP contribution in [0.4, 0.5) is 0 Å². The van der Waals surface area contributed by atoms with Crippen molar-refractivity contribution in [2.24, 2.45) is 4.99 Å². The number of fused-ring (bicyclic) bond motifs is 3. The van der Waals surface area contributed by atoms with E-state index < -0.39 is 0 Å². The van der Waals surface area contributed by atoms with Crippen molar-refractivity contribution in [3.8, 4) is 5.75 Å². The minimum atomic E-state index is 0.118. The van der Waals surface area contributed by atoms with Crippen molar-refractivity contribution in [1.29, 1.82) is 0 Å². The lowest BCUT2D eigenvalue weighted by Gasteiger charge is -2.47. The van der Waals surface area contributed by atoms with E-state index in [2.05, 4.69) is 51.4 Å². The van der Waals surface area contributed by atoms with E-state index in [0.29, 0.717) is 6.04 Å². The summed E-state index contributed by atoms with van der Waals surface area (Å²) in [6, 6.07) is 6.96. The lowest BCUT2D eigenvalue weighted by molar-refractivity contribution is 0.0154. The van der Waals surface area contributed by atoms with Crippen molar-refractivity contribution in [1.82, 2.24) is 20.4 Å². The van der Waals surface area contributed by atoms with Gasteiger partial charge in [0.05, 0.1) is 13.2 Å². The molecule has 6 heteroatoms. The van der Waals surface area contributed by atoms with Crippen molar-refractivity contribution in [3.05, 3.63) is 29.3 Å². The number of nitrogens with one attached hydrogen (secondary N) is 2. The predicted molar refractivity (Wildman–Crippen MR) is 102 cm³/mol.